The van der Waals surface area contributed by atoms with Gasteiger partial charge in [-0.25, -0.2) is 9.37 Å². The van der Waals surface area contributed by atoms with E-state index in [2.05, 4.69) is 20.3 Å². The minimum atomic E-state index is -0.736. The van der Waals surface area contributed by atoms with Gasteiger partial charge in [0.15, 0.2) is 0 Å². The van der Waals surface area contributed by atoms with Crippen LogP contribution in [0.25, 0.3) is 22.4 Å². The van der Waals surface area contributed by atoms with Gasteiger partial charge in [0.2, 0.25) is 5.88 Å². The molecule has 0 amide bonds. The summed E-state index contributed by atoms with van der Waals surface area (Å²) in [6.45, 7) is 0.434. The second-order valence-electron chi connectivity index (χ2n) is 8.58. The van der Waals surface area contributed by atoms with E-state index >= 15 is 0 Å². The van der Waals surface area contributed by atoms with E-state index in [1.807, 2.05) is 30.3 Å². The summed E-state index contributed by atoms with van der Waals surface area (Å²) < 4.78 is 20.9. The average Bonchev–Trinajstić information content (AvgIpc) is 3.24. The second-order valence-corrected chi connectivity index (χ2v) is 8.58. The average molecular weight is 448 g/mol. The SMILES string of the molecule is O=C(O)C[C@H]1CC[C@@H](OC2=CN=C(c3ccc(-c4nc5ccccc5[nH]4)c(F)c3)CN2)CC1. The summed E-state index contributed by atoms with van der Waals surface area (Å²) in [5.74, 6) is 0.230. The van der Waals surface area contributed by atoms with Gasteiger partial charge in [-0.15, -0.1) is 0 Å². The molecule has 5 rings (SSSR count). The molecule has 0 atom stereocenters. The molecule has 0 bridgehead atoms. The molecule has 3 N–H and O–H groups in total. The minimum absolute atomic E-state index is 0.0612. The molecule has 1 saturated carbocycles. The lowest BCUT2D eigenvalue weighted by Gasteiger charge is -2.29. The summed E-state index contributed by atoms with van der Waals surface area (Å²) in [7, 11) is 0. The lowest BCUT2D eigenvalue weighted by atomic mass is 9.85. The summed E-state index contributed by atoms with van der Waals surface area (Å²) in [5.41, 5.74) is 3.50. The summed E-state index contributed by atoms with van der Waals surface area (Å²) in [6.07, 6.45) is 5.31. The van der Waals surface area contributed by atoms with Gasteiger partial charge in [0.1, 0.15) is 17.7 Å². The third-order valence-electron chi connectivity index (χ3n) is 6.27. The van der Waals surface area contributed by atoms with E-state index < -0.39 is 5.97 Å². The second kappa shape index (κ2) is 9.05. The lowest BCUT2D eigenvalue weighted by Crippen LogP contribution is -2.31. The maximum Gasteiger partial charge on any atom is 0.303 e. The van der Waals surface area contributed by atoms with Crippen molar-refractivity contribution in [3.63, 3.8) is 0 Å². The van der Waals surface area contributed by atoms with Crippen molar-refractivity contribution in [1.82, 2.24) is 15.3 Å². The molecule has 2 aromatic carbocycles. The summed E-state index contributed by atoms with van der Waals surface area (Å²) in [5, 5.41) is 12.2. The van der Waals surface area contributed by atoms with Crippen LogP contribution in [-0.4, -0.2) is 39.4 Å². The summed E-state index contributed by atoms with van der Waals surface area (Å²) in [4.78, 5) is 23.0. The smallest absolute Gasteiger partial charge is 0.303 e. The van der Waals surface area contributed by atoms with E-state index in [9.17, 15) is 9.18 Å². The number of carboxylic acid groups (broad SMARTS) is 1. The van der Waals surface area contributed by atoms with Crippen LogP contribution in [-0.2, 0) is 9.53 Å². The molecule has 0 radical (unpaired) electrons. The number of benzene rings is 2. The largest absolute Gasteiger partial charge is 0.481 e. The van der Waals surface area contributed by atoms with Gasteiger partial charge in [-0.3, -0.25) is 9.79 Å². The van der Waals surface area contributed by atoms with Crippen molar-refractivity contribution < 1.29 is 19.0 Å². The number of fused-ring (bicyclic) bond motifs is 1. The van der Waals surface area contributed by atoms with Crippen molar-refractivity contribution in [2.75, 3.05) is 6.54 Å². The molecular formula is C25H25FN4O3. The Labute approximate surface area is 190 Å². The molecule has 170 valence electrons. The Morgan fingerprint density at radius 1 is 1.15 bits per heavy atom. The molecule has 0 unspecified atom stereocenters. The van der Waals surface area contributed by atoms with Gasteiger partial charge >= 0.3 is 5.97 Å². The molecule has 3 aromatic rings. The molecule has 0 saturated heterocycles. The van der Waals surface area contributed by atoms with Gasteiger partial charge in [0.05, 0.1) is 35.1 Å². The number of hydrogen-bond donors (Lipinski definition) is 3. The number of halogens is 1. The van der Waals surface area contributed by atoms with Crippen molar-refractivity contribution in [2.45, 2.75) is 38.2 Å². The number of aliphatic carboxylic acids is 1. The molecule has 7 nitrogen and oxygen atoms in total. The number of ether oxygens (including phenoxy) is 1. The quantitative estimate of drug-likeness (QED) is 0.511. The molecular weight excluding hydrogens is 423 g/mol. The Kier molecular flexibility index (Phi) is 5.81. The van der Waals surface area contributed by atoms with E-state index in [-0.39, 0.29) is 24.3 Å². The maximum absolute atomic E-state index is 14.9. The maximum atomic E-state index is 14.9. The lowest BCUT2D eigenvalue weighted by molar-refractivity contribution is -0.138. The Hall–Kier alpha value is -3.68. The molecule has 2 heterocycles. The highest BCUT2D eigenvalue weighted by Gasteiger charge is 2.25. The van der Waals surface area contributed by atoms with Crippen molar-refractivity contribution in [2.24, 2.45) is 10.9 Å². The fraction of sp³-hybridized carbons (Fsp3) is 0.320. The number of carbonyl (C=O) groups is 1. The van der Waals surface area contributed by atoms with E-state index in [4.69, 9.17) is 9.84 Å². The van der Waals surface area contributed by atoms with E-state index in [0.717, 1.165) is 42.4 Å². The number of aromatic amines is 1. The van der Waals surface area contributed by atoms with Crippen LogP contribution in [0, 0.1) is 11.7 Å². The number of aliphatic imine (C=N–C) groups is 1. The Bertz CT molecular complexity index is 1210. The van der Waals surface area contributed by atoms with Crippen LogP contribution in [0.1, 0.15) is 37.7 Å². The minimum Gasteiger partial charge on any atom is -0.481 e. The topological polar surface area (TPSA) is 99.6 Å². The zero-order valence-corrected chi connectivity index (χ0v) is 18.1. The number of hydrogen-bond acceptors (Lipinski definition) is 5. The fourth-order valence-electron chi connectivity index (χ4n) is 4.49. The zero-order chi connectivity index (χ0) is 22.8. The number of nitrogens with one attached hydrogen (secondary N) is 2. The molecule has 1 aliphatic carbocycles. The Morgan fingerprint density at radius 2 is 1.97 bits per heavy atom. The molecule has 2 aliphatic rings. The molecule has 8 heteroatoms. The van der Waals surface area contributed by atoms with Crippen LogP contribution in [0.4, 0.5) is 4.39 Å². The molecule has 1 fully saturated rings. The van der Waals surface area contributed by atoms with Crippen LogP contribution >= 0.6 is 0 Å². The highest BCUT2D eigenvalue weighted by Crippen LogP contribution is 2.30. The molecule has 0 spiro atoms. The highest BCUT2D eigenvalue weighted by atomic mass is 19.1. The van der Waals surface area contributed by atoms with Crippen molar-refractivity contribution in [3.8, 4) is 11.4 Å². The molecule has 1 aromatic heterocycles. The standard InChI is InChI=1S/C25H25FN4O3/c26-19-12-16(7-10-18(19)25-29-20-3-1-2-4-21(20)30-25)22-13-28-23(14-27-22)33-17-8-5-15(6-9-17)11-24(31)32/h1-4,7,10,12,14-15,17,28H,5-6,8-9,11,13H2,(H,29,30)(H,31,32)/t15-,17+. The third-order valence-corrected chi connectivity index (χ3v) is 6.27. The van der Waals surface area contributed by atoms with Gasteiger partial charge in [-0.1, -0.05) is 18.2 Å². The van der Waals surface area contributed by atoms with E-state index in [1.54, 1.807) is 12.3 Å². The first-order valence-corrected chi connectivity index (χ1v) is 11.2. The number of aromatic nitrogens is 2. The monoisotopic (exact) mass is 448 g/mol. The number of carboxylic acids is 1. The molecule has 1 aliphatic heterocycles. The van der Waals surface area contributed by atoms with Crippen molar-refractivity contribution in [1.29, 1.82) is 0 Å². The zero-order valence-electron chi connectivity index (χ0n) is 18.1. The van der Waals surface area contributed by atoms with Gasteiger partial charge in [-0.2, -0.15) is 0 Å². The van der Waals surface area contributed by atoms with Gasteiger partial charge in [-0.05, 0) is 55.9 Å². The summed E-state index contributed by atoms with van der Waals surface area (Å²) in [6, 6.07) is 12.6. The Morgan fingerprint density at radius 3 is 2.67 bits per heavy atom. The number of rotatable bonds is 6. The number of para-hydroxylation sites is 2. The van der Waals surface area contributed by atoms with Crippen LogP contribution < -0.4 is 5.32 Å². The van der Waals surface area contributed by atoms with Crippen LogP contribution in [0.5, 0.6) is 0 Å². The van der Waals surface area contributed by atoms with E-state index in [0.29, 0.717) is 29.4 Å². The highest BCUT2D eigenvalue weighted by molar-refractivity contribution is 6.03. The first-order chi connectivity index (χ1) is 16.0. The Balaban J connectivity index is 1.24. The fourth-order valence-corrected chi connectivity index (χ4v) is 4.49. The predicted molar refractivity (Wildman–Crippen MR) is 123 cm³/mol. The van der Waals surface area contributed by atoms with E-state index in [1.165, 1.54) is 6.07 Å². The summed E-state index contributed by atoms with van der Waals surface area (Å²) >= 11 is 0. The van der Waals surface area contributed by atoms with Crippen LogP contribution in [0.15, 0.2) is 59.5 Å². The predicted octanol–water partition coefficient (Wildman–Crippen LogP) is 4.61. The van der Waals surface area contributed by atoms with Gasteiger partial charge in [0.25, 0.3) is 0 Å². The van der Waals surface area contributed by atoms with Crippen molar-refractivity contribution in [3.05, 3.63) is 65.9 Å². The third kappa shape index (κ3) is 4.74. The van der Waals surface area contributed by atoms with Gasteiger partial charge in [0, 0.05) is 12.0 Å². The normalized spacial score (nSPS) is 20.6. The molecule has 33 heavy (non-hydrogen) atoms. The van der Waals surface area contributed by atoms with Gasteiger partial charge < -0.3 is 20.1 Å². The first kappa shape index (κ1) is 21.2. The number of nitrogens with zero attached hydrogens (tertiary/aromatic N) is 2. The first-order valence-electron chi connectivity index (χ1n) is 11.2. The number of H-pyrrole nitrogens is 1. The van der Waals surface area contributed by atoms with Crippen molar-refractivity contribution >= 4 is 22.7 Å². The van der Waals surface area contributed by atoms with Crippen LogP contribution in [0.3, 0.4) is 0 Å². The van der Waals surface area contributed by atoms with Crippen LogP contribution in [0.2, 0.25) is 0 Å². The number of imidazole rings is 1.